The summed E-state index contributed by atoms with van der Waals surface area (Å²) >= 11 is 0. The minimum atomic E-state index is 0.0689. The summed E-state index contributed by atoms with van der Waals surface area (Å²) in [6, 6.07) is 19.7. The Morgan fingerprint density at radius 3 is 1.06 bits per heavy atom. The standard InChI is InChI=1S/C24H18N6O3/c31-19-7-1-4-16(10-19)13-25-22-28-23(26-14-17-5-2-8-20(32)11-17)30-24(29-22)27-15-18-6-3-9-21(33)12-18/h1-15,31-33H/b25-13+,26-14+,27-15+. The summed E-state index contributed by atoms with van der Waals surface area (Å²) in [5.41, 5.74) is 1.97. The van der Waals surface area contributed by atoms with Gasteiger partial charge in [0, 0.05) is 18.6 Å². The maximum Gasteiger partial charge on any atom is 0.256 e. The lowest BCUT2D eigenvalue weighted by molar-refractivity contribution is 0.474. The topological polar surface area (TPSA) is 136 Å². The molecule has 0 radical (unpaired) electrons. The Balaban J connectivity index is 1.67. The summed E-state index contributed by atoms with van der Waals surface area (Å²) in [6.07, 6.45) is 4.50. The monoisotopic (exact) mass is 438 g/mol. The first-order chi connectivity index (χ1) is 16.0. The molecule has 0 amide bonds. The SMILES string of the molecule is Oc1cccc(/C=N/c2nc(/N=C/c3cccc(O)c3)nc(/N=C/c3cccc(O)c3)n2)c1. The highest BCUT2D eigenvalue weighted by Crippen LogP contribution is 2.18. The molecule has 0 saturated carbocycles. The second-order valence-corrected chi connectivity index (χ2v) is 6.79. The maximum atomic E-state index is 9.62. The van der Waals surface area contributed by atoms with Gasteiger partial charge in [0.15, 0.2) is 0 Å². The van der Waals surface area contributed by atoms with Gasteiger partial charge in [-0.2, -0.15) is 15.0 Å². The molecule has 4 rings (SSSR count). The normalized spacial score (nSPS) is 11.6. The smallest absolute Gasteiger partial charge is 0.256 e. The van der Waals surface area contributed by atoms with E-state index in [0.29, 0.717) is 16.7 Å². The number of aromatic nitrogens is 3. The van der Waals surface area contributed by atoms with E-state index in [0.717, 1.165) is 0 Å². The van der Waals surface area contributed by atoms with Crippen molar-refractivity contribution in [2.24, 2.45) is 15.0 Å². The minimum absolute atomic E-state index is 0.0689. The van der Waals surface area contributed by atoms with Gasteiger partial charge in [-0.15, -0.1) is 0 Å². The molecule has 33 heavy (non-hydrogen) atoms. The molecule has 9 nitrogen and oxygen atoms in total. The van der Waals surface area contributed by atoms with E-state index in [1.807, 2.05) is 0 Å². The number of rotatable bonds is 6. The Kier molecular flexibility index (Phi) is 6.41. The lowest BCUT2D eigenvalue weighted by Gasteiger charge is -1.99. The van der Waals surface area contributed by atoms with Gasteiger partial charge in [-0.05, 0) is 53.1 Å². The van der Waals surface area contributed by atoms with Crippen LogP contribution >= 0.6 is 0 Å². The molecular weight excluding hydrogens is 420 g/mol. The summed E-state index contributed by atoms with van der Waals surface area (Å²) in [4.78, 5) is 25.4. The van der Waals surface area contributed by atoms with Crippen LogP contribution < -0.4 is 0 Å². The van der Waals surface area contributed by atoms with Crippen molar-refractivity contribution < 1.29 is 15.3 Å². The van der Waals surface area contributed by atoms with Gasteiger partial charge in [-0.3, -0.25) is 0 Å². The maximum absolute atomic E-state index is 9.62. The third kappa shape index (κ3) is 6.28. The largest absolute Gasteiger partial charge is 0.508 e. The lowest BCUT2D eigenvalue weighted by Crippen LogP contribution is -1.91. The predicted octanol–water partition coefficient (Wildman–Crippen LogP) is 4.24. The van der Waals surface area contributed by atoms with Gasteiger partial charge in [0.05, 0.1) is 0 Å². The van der Waals surface area contributed by atoms with Crippen molar-refractivity contribution >= 4 is 36.5 Å². The van der Waals surface area contributed by atoms with Crippen LogP contribution in [-0.2, 0) is 0 Å². The molecule has 0 aliphatic heterocycles. The molecule has 0 aliphatic carbocycles. The number of aromatic hydroxyl groups is 3. The van der Waals surface area contributed by atoms with E-state index in [2.05, 4.69) is 29.9 Å². The summed E-state index contributed by atoms with van der Waals surface area (Å²) in [5, 5.41) is 28.9. The Morgan fingerprint density at radius 2 is 0.788 bits per heavy atom. The molecule has 0 saturated heterocycles. The van der Waals surface area contributed by atoms with Crippen LogP contribution in [0, 0.1) is 0 Å². The zero-order valence-electron chi connectivity index (χ0n) is 17.2. The van der Waals surface area contributed by atoms with Crippen LogP contribution in [0.3, 0.4) is 0 Å². The van der Waals surface area contributed by atoms with Gasteiger partial charge < -0.3 is 15.3 Å². The van der Waals surface area contributed by atoms with Crippen molar-refractivity contribution in [2.75, 3.05) is 0 Å². The highest BCUT2D eigenvalue weighted by atomic mass is 16.3. The molecule has 3 aromatic carbocycles. The van der Waals surface area contributed by atoms with Crippen molar-refractivity contribution in [2.45, 2.75) is 0 Å². The highest BCUT2D eigenvalue weighted by Gasteiger charge is 2.04. The van der Waals surface area contributed by atoms with Crippen LogP contribution in [0.1, 0.15) is 16.7 Å². The molecule has 1 heterocycles. The van der Waals surface area contributed by atoms with Gasteiger partial charge in [-0.1, -0.05) is 36.4 Å². The molecule has 162 valence electrons. The second-order valence-electron chi connectivity index (χ2n) is 6.79. The van der Waals surface area contributed by atoms with E-state index in [1.165, 1.54) is 18.6 Å². The first-order valence-electron chi connectivity index (χ1n) is 9.79. The van der Waals surface area contributed by atoms with Gasteiger partial charge in [-0.25, -0.2) is 15.0 Å². The molecule has 0 bridgehead atoms. The van der Waals surface area contributed by atoms with E-state index in [1.54, 1.807) is 72.8 Å². The third-order valence-corrected chi connectivity index (χ3v) is 4.20. The molecule has 0 unspecified atom stereocenters. The van der Waals surface area contributed by atoms with Crippen LogP contribution in [-0.4, -0.2) is 48.9 Å². The quantitative estimate of drug-likeness (QED) is 0.385. The number of benzene rings is 3. The average molecular weight is 438 g/mol. The molecule has 0 fully saturated rings. The van der Waals surface area contributed by atoms with Crippen LogP contribution in [0.5, 0.6) is 17.2 Å². The molecule has 9 heteroatoms. The van der Waals surface area contributed by atoms with Crippen molar-refractivity contribution in [3.8, 4) is 17.2 Å². The third-order valence-electron chi connectivity index (χ3n) is 4.20. The van der Waals surface area contributed by atoms with Crippen molar-refractivity contribution in [3.05, 3.63) is 89.5 Å². The Bertz CT molecular complexity index is 1190. The summed E-state index contributed by atoms with van der Waals surface area (Å²) in [6.45, 7) is 0. The molecule has 0 aliphatic rings. The zero-order chi connectivity index (χ0) is 23.0. The molecule has 3 N–H and O–H groups in total. The lowest BCUT2D eigenvalue weighted by atomic mass is 10.2. The van der Waals surface area contributed by atoms with Crippen molar-refractivity contribution in [1.82, 2.24) is 15.0 Å². The number of phenols is 3. The van der Waals surface area contributed by atoms with E-state index in [4.69, 9.17) is 0 Å². The molecule has 0 atom stereocenters. The number of nitrogens with zero attached hydrogens (tertiary/aromatic N) is 6. The zero-order valence-corrected chi connectivity index (χ0v) is 17.2. The summed E-state index contributed by atoms with van der Waals surface area (Å²) < 4.78 is 0. The van der Waals surface area contributed by atoms with Gasteiger partial charge in [0.1, 0.15) is 17.2 Å². The minimum Gasteiger partial charge on any atom is -0.508 e. The first-order valence-corrected chi connectivity index (χ1v) is 9.79. The number of phenolic OH excluding ortho intramolecular Hbond substituents is 3. The molecular formula is C24H18N6O3. The van der Waals surface area contributed by atoms with Crippen LogP contribution in [0.15, 0.2) is 87.8 Å². The van der Waals surface area contributed by atoms with Gasteiger partial charge in [0.2, 0.25) is 0 Å². The van der Waals surface area contributed by atoms with Crippen molar-refractivity contribution in [3.63, 3.8) is 0 Å². The van der Waals surface area contributed by atoms with Crippen LogP contribution in [0.2, 0.25) is 0 Å². The van der Waals surface area contributed by atoms with Crippen LogP contribution in [0.4, 0.5) is 17.8 Å². The molecule has 0 spiro atoms. The van der Waals surface area contributed by atoms with Gasteiger partial charge in [0.25, 0.3) is 17.8 Å². The fraction of sp³-hybridized carbons (Fsp3) is 0. The second kappa shape index (κ2) is 9.92. The van der Waals surface area contributed by atoms with E-state index in [9.17, 15) is 15.3 Å². The highest BCUT2D eigenvalue weighted by molar-refractivity contribution is 5.83. The van der Waals surface area contributed by atoms with Crippen molar-refractivity contribution in [1.29, 1.82) is 0 Å². The number of hydrogen-bond acceptors (Lipinski definition) is 9. The fourth-order valence-electron chi connectivity index (χ4n) is 2.73. The number of hydrogen-bond donors (Lipinski definition) is 3. The Hall–Kier alpha value is -4.92. The Morgan fingerprint density at radius 1 is 0.485 bits per heavy atom. The van der Waals surface area contributed by atoms with E-state index < -0.39 is 0 Å². The Labute approximate surface area is 188 Å². The summed E-state index contributed by atoms with van der Waals surface area (Å²) in [5.74, 6) is 0.547. The summed E-state index contributed by atoms with van der Waals surface area (Å²) in [7, 11) is 0. The fourth-order valence-corrected chi connectivity index (χ4v) is 2.73. The van der Waals surface area contributed by atoms with E-state index in [-0.39, 0.29) is 35.1 Å². The first kappa shape index (κ1) is 21.3. The number of aliphatic imine (C=N–C) groups is 3. The molecule has 4 aromatic rings. The van der Waals surface area contributed by atoms with Gasteiger partial charge >= 0.3 is 0 Å². The molecule has 1 aromatic heterocycles. The average Bonchev–Trinajstić information content (AvgIpc) is 2.80. The van der Waals surface area contributed by atoms with E-state index >= 15 is 0 Å². The van der Waals surface area contributed by atoms with Crippen LogP contribution in [0.25, 0.3) is 0 Å². The predicted molar refractivity (Wildman–Crippen MR) is 126 cm³/mol.